The average molecular weight is 820 g/mol. The molecule has 3 N–H and O–H groups in total. The zero-order valence-corrected chi connectivity index (χ0v) is 36.9. The summed E-state index contributed by atoms with van der Waals surface area (Å²) in [5, 5.41) is 0. The molecule has 328 valence electrons. The van der Waals surface area contributed by atoms with Crippen LogP contribution in [0.2, 0.25) is 0 Å². The van der Waals surface area contributed by atoms with E-state index >= 15 is 0 Å². The van der Waals surface area contributed by atoms with Gasteiger partial charge in [-0.1, -0.05) is 164 Å². The Morgan fingerprint density at radius 3 is 1.47 bits per heavy atom. The summed E-state index contributed by atoms with van der Waals surface area (Å²) >= 11 is 0. The lowest BCUT2D eigenvalue weighted by molar-refractivity contribution is -0.161. The Morgan fingerprint density at radius 1 is 0.526 bits per heavy atom. The second kappa shape index (κ2) is 43.0. The summed E-state index contributed by atoms with van der Waals surface area (Å²) in [6, 6.07) is 0. The zero-order valence-electron chi connectivity index (χ0n) is 36.0. The first-order valence-electron chi connectivity index (χ1n) is 22.4. The minimum atomic E-state index is -4.40. The number of rotatable bonds is 41. The highest BCUT2D eigenvalue weighted by Crippen LogP contribution is 2.43. The fraction of sp³-hybridized carbons (Fsp3) is 0.702. The second-order valence-electron chi connectivity index (χ2n) is 14.6. The molecular weight excluding hydrogens is 737 g/mol. The van der Waals surface area contributed by atoms with Crippen LogP contribution in [-0.4, -0.2) is 49.3 Å². The largest absolute Gasteiger partial charge is 0.472 e. The Bertz CT molecular complexity index is 1160. The fourth-order valence-electron chi connectivity index (χ4n) is 5.73. The van der Waals surface area contributed by atoms with Crippen LogP contribution in [0.3, 0.4) is 0 Å². The third-order valence-corrected chi connectivity index (χ3v) is 10.1. The van der Waals surface area contributed by atoms with Crippen LogP contribution in [0.15, 0.2) is 72.9 Å². The van der Waals surface area contributed by atoms with Gasteiger partial charge in [0.25, 0.3) is 0 Å². The molecule has 0 rings (SSSR count). The number of allylic oxidation sites excluding steroid dienone is 12. The van der Waals surface area contributed by atoms with Gasteiger partial charge in [0.05, 0.1) is 13.2 Å². The standard InChI is InChI=1S/C47H82NO8P/c1-3-5-7-9-11-13-15-17-19-21-22-24-26-28-30-32-34-36-38-40-47(50)56-45(44-55-57(51,52)54-42-41-48)43-53-46(49)39-37-35-33-31-29-27-25-23-20-18-16-14-12-10-8-6-4-2/h11,13,17-20,22,24,28,30,34,36,45H,3-10,12,14-16,21,23,25-27,29,31-33,35,37-44,48H2,1-2H3,(H,51,52)/b13-11-,19-17-,20-18-,24-22-,30-28-,36-34-/t45-/m1/s1. The molecule has 10 heteroatoms. The fourth-order valence-corrected chi connectivity index (χ4v) is 6.49. The van der Waals surface area contributed by atoms with Crippen molar-refractivity contribution in [3.8, 4) is 0 Å². The highest BCUT2D eigenvalue weighted by Gasteiger charge is 2.25. The molecule has 0 aliphatic heterocycles. The Hall–Kier alpha value is -2.55. The van der Waals surface area contributed by atoms with Gasteiger partial charge in [-0.3, -0.25) is 18.6 Å². The van der Waals surface area contributed by atoms with Gasteiger partial charge in [-0.05, 0) is 77.0 Å². The summed E-state index contributed by atoms with van der Waals surface area (Å²) < 4.78 is 32.7. The first kappa shape index (κ1) is 54.5. The van der Waals surface area contributed by atoms with Crippen LogP contribution in [0.1, 0.15) is 181 Å². The van der Waals surface area contributed by atoms with E-state index in [4.69, 9.17) is 24.3 Å². The van der Waals surface area contributed by atoms with E-state index in [9.17, 15) is 19.0 Å². The Morgan fingerprint density at radius 2 is 0.947 bits per heavy atom. The van der Waals surface area contributed by atoms with Gasteiger partial charge < -0.3 is 20.1 Å². The summed E-state index contributed by atoms with van der Waals surface area (Å²) in [6.07, 6.45) is 52.3. The number of phosphoric ester groups is 1. The molecule has 0 aromatic rings. The van der Waals surface area contributed by atoms with Crippen molar-refractivity contribution < 1.29 is 37.6 Å². The molecule has 0 saturated heterocycles. The smallest absolute Gasteiger partial charge is 0.462 e. The highest BCUT2D eigenvalue weighted by molar-refractivity contribution is 7.47. The van der Waals surface area contributed by atoms with Crippen molar-refractivity contribution in [2.24, 2.45) is 5.73 Å². The molecule has 0 aromatic carbocycles. The number of phosphoric acid groups is 1. The van der Waals surface area contributed by atoms with E-state index in [1.807, 2.05) is 12.2 Å². The van der Waals surface area contributed by atoms with Crippen LogP contribution in [0, 0.1) is 0 Å². The monoisotopic (exact) mass is 820 g/mol. The molecular formula is C47H82NO8P. The number of carbonyl (C=O) groups excluding carboxylic acids is 2. The lowest BCUT2D eigenvalue weighted by Crippen LogP contribution is -2.29. The third-order valence-electron chi connectivity index (χ3n) is 9.08. The maximum absolute atomic E-state index is 12.6. The van der Waals surface area contributed by atoms with E-state index in [1.165, 1.54) is 89.9 Å². The molecule has 0 aromatic heterocycles. The number of ether oxygens (including phenoxy) is 2. The molecule has 0 spiro atoms. The maximum Gasteiger partial charge on any atom is 0.472 e. The summed E-state index contributed by atoms with van der Waals surface area (Å²) in [4.78, 5) is 34.9. The SMILES string of the molecule is CCCCC/C=C\C/C=C\C/C=C\C/C=C\C/C=C\CCC(=O)O[C@H](COC(=O)CCCCCCCCC/C=C\CCCCCCCC)COP(=O)(O)OCCN. The molecule has 0 aliphatic carbocycles. The predicted molar refractivity (Wildman–Crippen MR) is 238 cm³/mol. The molecule has 0 radical (unpaired) electrons. The van der Waals surface area contributed by atoms with Crippen LogP contribution in [0.25, 0.3) is 0 Å². The number of nitrogens with two attached hydrogens (primary N) is 1. The quantitative estimate of drug-likeness (QED) is 0.0267. The van der Waals surface area contributed by atoms with Crippen molar-refractivity contribution in [2.75, 3.05) is 26.4 Å². The van der Waals surface area contributed by atoms with Gasteiger partial charge in [0, 0.05) is 19.4 Å². The van der Waals surface area contributed by atoms with Gasteiger partial charge in [-0.15, -0.1) is 0 Å². The zero-order chi connectivity index (χ0) is 41.8. The van der Waals surface area contributed by atoms with Crippen LogP contribution in [-0.2, 0) is 32.7 Å². The number of carbonyl (C=O) groups is 2. The van der Waals surface area contributed by atoms with Gasteiger partial charge >= 0.3 is 19.8 Å². The van der Waals surface area contributed by atoms with Gasteiger partial charge in [-0.25, -0.2) is 4.57 Å². The molecule has 0 aliphatic rings. The van der Waals surface area contributed by atoms with E-state index < -0.39 is 32.5 Å². The second-order valence-corrected chi connectivity index (χ2v) is 16.0. The summed E-state index contributed by atoms with van der Waals surface area (Å²) in [5.74, 6) is -0.933. The van der Waals surface area contributed by atoms with Crippen molar-refractivity contribution in [3.05, 3.63) is 72.9 Å². The number of hydrogen-bond donors (Lipinski definition) is 2. The number of unbranched alkanes of at least 4 members (excludes halogenated alkanes) is 16. The van der Waals surface area contributed by atoms with Crippen molar-refractivity contribution in [1.82, 2.24) is 0 Å². The topological polar surface area (TPSA) is 134 Å². The number of esters is 2. The molecule has 0 bridgehead atoms. The van der Waals surface area contributed by atoms with Crippen LogP contribution < -0.4 is 5.73 Å². The van der Waals surface area contributed by atoms with E-state index in [0.717, 1.165) is 51.4 Å². The van der Waals surface area contributed by atoms with Gasteiger partial charge in [-0.2, -0.15) is 0 Å². The maximum atomic E-state index is 12.6. The summed E-state index contributed by atoms with van der Waals surface area (Å²) in [6.45, 7) is 3.60. The molecule has 9 nitrogen and oxygen atoms in total. The normalized spacial score (nSPS) is 14.0. The van der Waals surface area contributed by atoms with Crippen molar-refractivity contribution in [2.45, 2.75) is 187 Å². The van der Waals surface area contributed by atoms with E-state index in [-0.39, 0.29) is 32.6 Å². The van der Waals surface area contributed by atoms with Gasteiger partial charge in [0.1, 0.15) is 6.61 Å². The average Bonchev–Trinajstić information content (AvgIpc) is 3.20. The lowest BCUT2D eigenvalue weighted by Gasteiger charge is -2.19. The first-order valence-corrected chi connectivity index (χ1v) is 23.9. The summed E-state index contributed by atoms with van der Waals surface area (Å²) in [7, 11) is -4.40. The van der Waals surface area contributed by atoms with Crippen LogP contribution in [0.4, 0.5) is 0 Å². The molecule has 2 atom stereocenters. The number of hydrogen-bond acceptors (Lipinski definition) is 8. The molecule has 1 unspecified atom stereocenters. The van der Waals surface area contributed by atoms with Crippen molar-refractivity contribution >= 4 is 19.8 Å². The van der Waals surface area contributed by atoms with E-state index in [1.54, 1.807) is 0 Å². The van der Waals surface area contributed by atoms with Crippen LogP contribution >= 0.6 is 7.82 Å². The predicted octanol–water partition coefficient (Wildman–Crippen LogP) is 13.1. The Kier molecular flexibility index (Phi) is 41.1. The van der Waals surface area contributed by atoms with Crippen LogP contribution in [0.5, 0.6) is 0 Å². The van der Waals surface area contributed by atoms with Crippen molar-refractivity contribution in [1.29, 1.82) is 0 Å². The molecule has 0 fully saturated rings. The minimum Gasteiger partial charge on any atom is -0.462 e. The Balaban J connectivity index is 4.28. The van der Waals surface area contributed by atoms with E-state index in [2.05, 4.69) is 74.6 Å². The molecule has 0 heterocycles. The molecule has 0 amide bonds. The summed E-state index contributed by atoms with van der Waals surface area (Å²) in [5.41, 5.74) is 5.34. The lowest BCUT2D eigenvalue weighted by atomic mass is 10.1. The van der Waals surface area contributed by atoms with Gasteiger partial charge in [0.15, 0.2) is 6.10 Å². The van der Waals surface area contributed by atoms with E-state index in [0.29, 0.717) is 12.8 Å². The molecule has 57 heavy (non-hydrogen) atoms. The third kappa shape index (κ3) is 42.9. The minimum absolute atomic E-state index is 0.0386. The highest BCUT2D eigenvalue weighted by atomic mass is 31.2. The Labute approximate surface area is 348 Å². The van der Waals surface area contributed by atoms with Gasteiger partial charge in [0.2, 0.25) is 0 Å². The first-order chi connectivity index (χ1) is 27.8. The molecule has 0 saturated carbocycles. The van der Waals surface area contributed by atoms with Crippen molar-refractivity contribution in [3.63, 3.8) is 0 Å².